The quantitative estimate of drug-likeness (QED) is 0.112. The van der Waals surface area contributed by atoms with Crippen LogP contribution in [0.3, 0.4) is 0 Å². The normalized spacial score (nSPS) is 12.8. The maximum absolute atomic E-state index is 3.93. The summed E-state index contributed by atoms with van der Waals surface area (Å²) in [5, 5.41) is 0. The molecular formula is C40H64. The molecule has 0 aromatic carbocycles. The van der Waals surface area contributed by atoms with E-state index in [1.165, 1.54) is 77.5 Å². The van der Waals surface area contributed by atoms with E-state index in [1.807, 2.05) is 12.2 Å². The molecule has 0 aliphatic heterocycles. The van der Waals surface area contributed by atoms with Crippen molar-refractivity contribution in [3.8, 4) is 0 Å². The summed E-state index contributed by atoms with van der Waals surface area (Å²) in [7, 11) is 0. The molecule has 0 fully saturated rings. The first-order valence-corrected chi connectivity index (χ1v) is 15.4. The van der Waals surface area contributed by atoms with Crippen molar-refractivity contribution in [1.82, 2.24) is 0 Å². The van der Waals surface area contributed by atoms with Crippen molar-refractivity contribution in [2.75, 3.05) is 0 Å². The third kappa shape index (κ3) is 29.9. The fourth-order valence-electron chi connectivity index (χ4n) is 3.81. The Balaban J connectivity index is 0. The largest absolute Gasteiger partial charge is 0.0988 e. The van der Waals surface area contributed by atoms with Crippen LogP contribution < -0.4 is 0 Å². The maximum atomic E-state index is 3.93. The minimum absolute atomic E-state index is 1.02. The number of allylic oxidation sites excluding steroid dienone is 17. The molecule has 0 atom stereocenters. The Morgan fingerprint density at radius 3 is 1.12 bits per heavy atom. The van der Waals surface area contributed by atoms with Gasteiger partial charge in [0.25, 0.3) is 0 Å². The molecule has 0 saturated heterocycles. The van der Waals surface area contributed by atoms with Crippen LogP contribution in [-0.4, -0.2) is 0 Å². The molecule has 0 saturated carbocycles. The van der Waals surface area contributed by atoms with Crippen LogP contribution in [0.25, 0.3) is 0 Å². The highest BCUT2D eigenvalue weighted by atomic mass is 14.0. The molecule has 0 N–H and O–H groups in total. The summed E-state index contributed by atoms with van der Waals surface area (Å²) in [6.45, 7) is 31.1. The molecule has 0 spiro atoms. The number of rotatable bonds is 19. The first kappa shape index (κ1) is 39.5. The van der Waals surface area contributed by atoms with Gasteiger partial charge in [0.05, 0.1) is 0 Å². The molecule has 0 heterocycles. The monoisotopic (exact) mass is 545 g/mol. The van der Waals surface area contributed by atoms with Crippen molar-refractivity contribution >= 4 is 0 Å². The second-order valence-electron chi connectivity index (χ2n) is 11.7. The fourth-order valence-corrected chi connectivity index (χ4v) is 3.81. The van der Waals surface area contributed by atoms with Crippen molar-refractivity contribution in [1.29, 1.82) is 0 Å². The maximum Gasteiger partial charge on any atom is -0.0161 e. The van der Waals surface area contributed by atoms with Gasteiger partial charge in [-0.25, -0.2) is 0 Å². The van der Waals surface area contributed by atoms with E-state index in [9.17, 15) is 0 Å². The third-order valence-corrected chi connectivity index (χ3v) is 6.72. The van der Waals surface area contributed by atoms with Gasteiger partial charge < -0.3 is 0 Å². The summed E-state index contributed by atoms with van der Waals surface area (Å²) in [6.07, 6.45) is 32.5. The SMILES string of the molecule is C=CC(=C)CC/C=C(\C)CC/C=C(\C)CCC=C(C)C.C=CC(C)=CC/C=C(\C)CC/C=C(\C)CCC=C(C)C. The van der Waals surface area contributed by atoms with Crippen molar-refractivity contribution < 1.29 is 0 Å². The van der Waals surface area contributed by atoms with Gasteiger partial charge in [-0.3, -0.25) is 0 Å². The average Bonchev–Trinajstić information content (AvgIpc) is 2.88. The molecule has 0 aromatic heterocycles. The summed E-state index contributed by atoms with van der Waals surface area (Å²) in [5.74, 6) is 0. The standard InChI is InChI=1S/2C20H32/c2*1-7-18(4)12-9-14-20(6)16-10-15-19(5)13-8-11-17(2)3/h7,11-12,14-15H,1,8-10,13,16H2,2-6H3;7,11,14-15H,1,4,8-10,12-13,16H2,2-3,5-6H3/b18-12?,19-15+,20-14+;19-15+,20-14+. The molecule has 0 rings (SSSR count). The number of hydrogen-bond donors (Lipinski definition) is 0. The molecule has 0 amide bonds. The Labute approximate surface area is 251 Å². The smallest absolute Gasteiger partial charge is 0.0161 e. The Morgan fingerprint density at radius 2 is 0.775 bits per heavy atom. The van der Waals surface area contributed by atoms with Gasteiger partial charge >= 0.3 is 0 Å². The van der Waals surface area contributed by atoms with Gasteiger partial charge in [-0.1, -0.05) is 119 Å². The van der Waals surface area contributed by atoms with Crippen LogP contribution in [0.1, 0.15) is 133 Å². The third-order valence-electron chi connectivity index (χ3n) is 6.72. The molecule has 0 aromatic rings. The van der Waals surface area contributed by atoms with Crippen LogP contribution in [0.15, 0.2) is 119 Å². The van der Waals surface area contributed by atoms with Crippen LogP contribution >= 0.6 is 0 Å². The van der Waals surface area contributed by atoms with Crippen molar-refractivity contribution in [2.45, 2.75) is 133 Å². The van der Waals surface area contributed by atoms with Gasteiger partial charge in [0.1, 0.15) is 0 Å². The number of hydrogen-bond acceptors (Lipinski definition) is 0. The second-order valence-corrected chi connectivity index (χ2v) is 11.7. The molecule has 0 unspecified atom stereocenters. The molecule has 40 heavy (non-hydrogen) atoms. The summed E-state index contributed by atoms with van der Waals surface area (Å²) in [4.78, 5) is 0. The fraction of sp³-hybridized carbons (Fsp3) is 0.500. The highest BCUT2D eigenvalue weighted by Gasteiger charge is 1.94. The lowest BCUT2D eigenvalue weighted by Gasteiger charge is -2.02. The van der Waals surface area contributed by atoms with Gasteiger partial charge in [-0.15, -0.1) is 0 Å². The lowest BCUT2D eigenvalue weighted by molar-refractivity contribution is 0.904. The minimum Gasteiger partial charge on any atom is -0.0988 e. The van der Waals surface area contributed by atoms with E-state index in [4.69, 9.17) is 0 Å². The van der Waals surface area contributed by atoms with Crippen LogP contribution in [0.4, 0.5) is 0 Å². The minimum atomic E-state index is 1.02. The predicted octanol–water partition coefficient (Wildman–Crippen LogP) is 13.9. The highest BCUT2D eigenvalue weighted by Crippen LogP contribution is 2.14. The molecule has 0 radical (unpaired) electrons. The predicted molar refractivity (Wildman–Crippen MR) is 188 cm³/mol. The van der Waals surface area contributed by atoms with Gasteiger partial charge in [0.15, 0.2) is 0 Å². The molecule has 0 aliphatic rings. The van der Waals surface area contributed by atoms with E-state index < -0.39 is 0 Å². The van der Waals surface area contributed by atoms with E-state index in [1.54, 1.807) is 0 Å². The van der Waals surface area contributed by atoms with Crippen LogP contribution in [0.2, 0.25) is 0 Å². The molecule has 0 nitrogen and oxygen atoms in total. The lowest BCUT2D eigenvalue weighted by atomic mass is 10.0. The van der Waals surface area contributed by atoms with Crippen molar-refractivity contribution in [2.24, 2.45) is 0 Å². The zero-order valence-electron chi connectivity index (χ0n) is 28.1. The Hall–Kier alpha value is -2.60. The summed E-state index contributed by atoms with van der Waals surface area (Å²) in [5.41, 5.74) is 11.2. The lowest BCUT2D eigenvalue weighted by Crippen LogP contribution is -1.81. The molecule has 0 aliphatic carbocycles. The first-order chi connectivity index (χ1) is 18.9. The van der Waals surface area contributed by atoms with Crippen molar-refractivity contribution in [3.05, 3.63) is 119 Å². The molecule has 224 valence electrons. The summed E-state index contributed by atoms with van der Waals surface area (Å²) < 4.78 is 0. The van der Waals surface area contributed by atoms with Crippen LogP contribution in [-0.2, 0) is 0 Å². The first-order valence-electron chi connectivity index (χ1n) is 15.4. The van der Waals surface area contributed by atoms with E-state index in [0.29, 0.717) is 0 Å². The highest BCUT2D eigenvalue weighted by molar-refractivity contribution is 5.16. The molecular weight excluding hydrogens is 480 g/mol. The van der Waals surface area contributed by atoms with Gasteiger partial charge in [-0.05, 0) is 133 Å². The molecule has 0 bridgehead atoms. The van der Waals surface area contributed by atoms with Gasteiger partial charge in [0.2, 0.25) is 0 Å². The zero-order chi connectivity index (χ0) is 30.8. The Bertz CT molecular complexity index is 938. The Kier molecular flexibility index (Phi) is 26.3. The van der Waals surface area contributed by atoms with E-state index >= 15 is 0 Å². The van der Waals surface area contributed by atoms with E-state index in [2.05, 4.69) is 125 Å². The Morgan fingerprint density at radius 1 is 0.425 bits per heavy atom. The van der Waals surface area contributed by atoms with E-state index in [0.717, 1.165) is 37.7 Å². The van der Waals surface area contributed by atoms with Crippen LogP contribution in [0.5, 0.6) is 0 Å². The topological polar surface area (TPSA) is 0 Å². The summed E-state index contributed by atoms with van der Waals surface area (Å²) in [6, 6.07) is 0. The van der Waals surface area contributed by atoms with Crippen LogP contribution in [0, 0.1) is 0 Å². The van der Waals surface area contributed by atoms with Crippen molar-refractivity contribution in [3.63, 3.8) is 0 Å². The van der Waals surface area contributed by atoms with Gasteiger partial charge in [0, 0.05) is 0 Å². The second kappa shape index (κ2) is 26.6. The van der Waals surface area contributed by atoms with E-state index in [-0.39, 0.29) is 0 Å². The molecule has 0 heteroatoms. The zero-order valence-corrected chi connectivity index (χ0v) is 28.1. The van der Waals surface area contributed by atoms with Gasteiger partial charge in [-0.2, -0.15) is 0 Å². The average molecular weight is 545 g/mol. The summed E-state index contributed by atoms with van der Waals surface area (Å²) >= 11 is 0.